The largest absolute Gasteiger partial charge is 0.326 e. The predicted molar refractivity (Wildman–Crippen MR) is 94.6 cm³/mol. The van der Waals surface area contributed by atoms with Crippen LogP contribution in [-0.2, 0) is 14.6 Å². The number of anilines is 1. The van der Waals surface area contributed by atoms with E-state index in [0.29, 0.717) is 18.3 Å². The first-order valence-electron chi connectivity index (χ1n) is 8.32. The molecule has 1 aromatic rings. The molecule has 1 amide bonds. The fourth-order valence-corrected chi connectivity index (χ4v) is 5.04. The second kappa shape index (κ2) is 7.04. The summed E-state index contributed by atoms with van der Waals surface area (Å²) in [6, 6.07) is 6.13. The standard InChI is InChI=1S/C18H27NO3S/c1-12(2)15-6-5-7-16(13(3)4)18(15)19-17(20)10-14-8-9-23(21,22)11-14/h5-7,12-14H,8-11H2,1-4H3,(H,19,20)/t14-/m1/s1. The Morgan fingerprint density at radius 1 is 1.17 bits per heavy atom. The van der Waals surface area contributed by atoms with E-state index < -0.39 is 9.84 Å². The molecule has 0 spiro atoms. The quantitative estimate of drug-likeness (QED) is 0.891. The van der Waals surface area contributed by atoms with Crippen LogP contribution in [0.4, 0.5) is 5.69 Å². The first-order chi connectivity index (χ1) is 10.7. The van der Waals surface area contributed by atoms with Gasteiger partial charge in [0.1, 0.15) is 0 Å². The van der Waals surface area contributed by atoms with Crippen molar-refractivity contribution < 1.29 is 13.2 Å². The van der Waals surface area contributed by atoms with Crippen molar-refractivity contribution in [3.8, 4) is 0 Å². The molecule has 5 heteroatoms. The van der Waals surface area contributed by atoms with Gasteiger partial charge in [-0.3, -0.25) is 4.79 Å². The van der Waals surface area contributed by atoms with Crippen molar-refractivity contribution in [2.75, 3.05) is 16.8 Å². The first kappa shape index (κ1) is 18.0. The Hall–Kier alpha value is -1.36. The van der Waals surface area contributed by atoms with Gasteiger partial charge in [0.15, 0.2) is 9.84 Å². The highest BCUT2D eigenvalue weighted by Gasteiger charge is 2.29. The SMILES string of the molecule is CC(C)c1cccc(C(C)C)c1NC(=O)C[C@H]1CCS(=O)(=O)C1. The van der Waals surface area contributed by atoms with E-state index in [2.05, 4.69) is 33.0 Å². The van der Waals surface area contributed by atoms with Gasteiger partial charge in [0.25, 0.3) is 0 Å². The number of amides is 1. The van der Waals surface area contributed by atoms with Crippen LogP contribution in [0.5, 0.6) is 0 Å². The van der Waals surface area contributed by atoms with Crippen molar-refractivity contribution in [3.05, 3.63) is 29.3 Å². The van der Waals surface area contributed by atoms with Crippen LogP contribution in [0.15, 0.2) is 18.2 Å². The van der Waals surface area contributed by atoms with E-state index in [4.69, 9.17) is 0 Å². The molecule has 0 bridgehead atoms. The van der Waals surface area contributed by atoms with Gasteiger partial charge in [-0.25, -0.2) is 8.42 Å². The number of hydrogen-bond donors (Lipinski definition) is 1. The molecule has 1 N–H and O–H groups in total. The van der Waals surface area contributed by atoms with Crippen LogP contribution >= 0.6 is 0 Å². The zero-order chi connectivity index (χ0) is 17.2. The molecule has 1 saturated heterocycles. The van der Waals surface area contributed by atoms with E-state index in [0.717, 1.165) is 16.8 Å². The van der Waals surface area contributed by atoms with Crippen molar-refractivity contribution in [2.24, 2.45) is 5.92 Å². The molecule has 1 heterocycles. The van der Waals surface area contributed by atoms with E-state index in [-0.39, 0.29) is 29.8 Å². The van der Waals surface area contributed by atoms with Gasteiger partial charge in [-0.1, -0.05) is 45.9 Å². The maximum atomic E-state index is 12.4. The molecule has 4 nitrogen and oxygen atoms in total. The van der Waals surface area contributed by atoms with E-state index >= 15 is 0 Å². The third-order valence-corrected chi connectivity index (χ3v) is 6.28. The fourth-order valence-electron chi connectivity index (χ4n) is 3.18. The lowest BCUT2D eigenvalue weighted by molar-refractivity contribution is -0.116. The molecule has 23 heavy (non-hydrogen) atoms. The Morgan fingerprint density at radius 3 is 2.17 bits per heavy atom. The summed E-state index contributed by atoms with van der Waals surface area (Å²) in [6.07, 6.45) is 0.877. The van der Waals surface area contributed by atoms with Crippen molar-refractivity contribution in [2.45, 2.75) is 52.4 Å². The summed E-state index contributed by atoms with van der Waals surface area (Å²) in [7, 11) is -2.94. The molecular formula is C18H27NO3S. The lowest BCUT2D eigenvalue weighted by atomic mass is 9.92. The van der Waals surface area contributed by atoms with E-state index in [1.165, 1.54) is 0 Å². The van der Waals surface area contributed by atoms with E-state index in [1.807, 2.05) is 18.2 Å². The summed E-state index contributed by atoms with van der Waals surface area (Å²) in [6.45, 7) is 8.44. The summed E-state index contributed by atoms with van der Waals surface area (Å²) in [5.74, 6) is 0.858. The van der Waals surface area contributed by atoms with Crippen molar-refractivity contribution in [1.82, 2.24) is 0 Å². The van der Waals surface area contributed by atoms with Gasteiger partial charge >= 0.3 is 0 Å². The molecule has 2 rings (SSSR count). The lowest BCUT2D eigenvalue weighted by Gasteiger charge is -2.20. The third kappa shape index (κ3) is 4.56. The first-order valence-corrected chi connectivity index (χ1v) is 10.1. The van der Waals surface area contributed by atoms with Gasteiger partial charge in [0.05, 0.1) is 11.5 Å². The number of carbonyl (C=O) groups excluding carboxylic acids is 1. The van der Waals surface area contributed by atoms with E-state index in [1.54, 1.807) is 0 Å². The normalized spacial score (nSPS) is 20.2. The highest BCUT2D eigenvalue weighted by atomic mass is 32.2. The van der Waals surface area contributed by atoms with Crippen molar-refractivity contribution in [3.63, 3.8) is 0 Å². The summed E-state index contributed by atoms with van der Waals surface area (Å²) < 4.78 is 23.1. The number of nitrogens with one attached hydrogen (secondary N) is 1. The minimum absolute atomic E-state index is 0.0475. The summed E-state index contributed by atoms with van der Waals surface area (Å²) in [5, 5.41) is 3.06. The zero-order valence-corrected chi connectivity index (χ0v) is 15.2. The highest BCUT2D eigenvalue weighted by Crippen LogP contribution is 2.33. The minimum atomic E-state index is -2.94. The second-order valence-electron chi connectivity index (χ2n) is 7.14. The van der Waals surface area contributed by atoms with E-state index in [9.17, 15) is 13.2 Å². The Balaban J connectivity index is 2.17. The minimum Gasteiger partial charge on any atom is -0.326 e. The Morgan fingerprint density at radius 2 is 1.74 bits per heavy atom. The van der Waals surface area contributed by atoms with Crippen LogP contribution in [-0.4, -0.2) is 25.8 Å². The number of rotatable bonds is 5. The molecule has 0 saturated carbocycles. The van der Waals surface area contributed by atoms with Crippen LogP contribution in [0, 0.1) is 5.92 Å². The molecule has 0 radical (unpaired) electrons. The van der Waals surface area contributed by atoms with Gasteiger partial charge in [-0.15, -0.1) is 0 Å². The molecule has 0 unspecified atom stereocenters. The maximum absolute atomic E-state index is 12.4. The topological polar surface area (TPSA) is 63.2 Å². The average molecular weight is 337 g/mol. The summed E-state index contributed by atoms with van der Waals surface area (Å²) >= 11 is 0. The Labute approximate surface area is 139 Å². The molecular weight excluding hydrogens is 310 g/mol. The smallest absolute Gasteiger partial charge is 0.224 e. The second-order valence-corrected chi connectivity index (χ2v) is 9.37. The number of carbonyl (C=O) groups is 1. The third-order valence-electron chi connectivity index (χ3n) is 4.44. The molecule has 128 valence electrons. The molecule has 0 aliphatic carbocycles. The van der Waals surface area contributed by atoms with Crippen molar-refractivity contribution >= 4 is 21.4 Å². The number of hydrogen-bond acceptors (Lipinski definition) is 3. The van der Waals surface area contributed by atoms with Crippen LogP contribution in [0.25, 0.3) is 0 Å². The predicted octanol–water partition coefficient (Wildman–Crippen LogP) is 3.70. The summed E-state index contributed by atoms with van der Waals surface area (Å²) in [5.41, 5.74) is 3.16. The van der Waals surface area contributed by atoms with Crippen molar-refractivity contribution in [1.29, 1.82) is 0 Å². The fraction of sp³-hybridized carbons (Fsp3) is 0.611. The molecule has 1 aliphatic rings. The van der Waals surface area contributed by atoms with Gasteiger partial charge in [0, 0.05) is 12.1 Å². The summed E-state index contributed by atoms with van der Waals surface area (Å²) in [4.78, 5) is 12.4. The lowest BCUT2D eigenvalue weighted by Crippen LogP contribution is -2.19. The maximum Gasteiger partial charge on any atom is 0.224 e. The Kier molecular flexibility index (Phi) is 5.50. The molecule has 1 aliphatic heterocycles. The van der Waals surface area contributed by atoms with Gasteiger partial charge < -0.3 is 5.32 Å². The number of para-hydroxylation sites is 1. The number of benzene rings is 1. The van der Waals surface area contributed by atoms with Crippen LogP contribution in [0.1, 0.15) is 63.5 Å². The molecule has 1 atom stereocenters. The molecule has 1 aromatic carbocycles. The molecule has 0 aromatic heterocycles. The highest BCUT2D eigenvalue weighted by molar-refractivity contribution is 7.91. The van der Waals surface area contributed by atoms with Gasteiger partial charge in [-0.05, 0) is 35.3 Å². The van der Waals surface area contributed by atoms with Crippen LogP contribution in [0.3, 0.4) is 0 Å². The van der Waals surface area contributed by atoms with Gasteiger partial charge in [-0.2, -0.15) is 0 Å². The molecule has 1 fully saturated rings. The van der Waals surface area contributed by atoms with Gasteiger partial charge in [0.2, 0.25) is 5.91 Å². The van der Waals surface area contributed by atoms with Crippen LogP contribution < -0.4 is 5.32 Å². The average Bonchev–Trinajstić information content (AvgIpc) is 2.77. The zero-order valence-electron chi connectivity index (χ0n) is 14.4. The monoisotopic (exact) mass is 337 g/mol. The Bertz CT molecular complexity index is 651. The number of sulfone groups is 1. The van der Waals surface area contributed by atoms with Crippen LogP contribution in [0.2, 0.25) is 0 Å².